The largest absolute Gasteiger partial charge is 0.545 e. The van der Waals surface area contributed by atoms with Gasteiger partial charge in [-0.15, -0.1) is 11.8 Å². The number of hydrogen-bond donors (Lipinski definition) is 0. The van der Waals surface area contributed by atoms with E-state index in [9.17, 15) is 9.90 Å². The lowest BCUT2D eigenvalue weighted by atomic mass is 10.2. The quantitative estimate of drug-likeness (QED) is 0.769. The Morgan fingerprint density at radius 2 is 1.94 bits per heavy atom. The molecule has 0 spiro atoms. The van der Waals surface area contributed by atoms with Crippen molar-refractivity contribution in [3.63, 3.8) is 0 Å². The van der Waals surface area contributed by atoms with Gasteiger partial charge in [0, 0.05) is 17.5 Å². The Balaban J connectivity index is 1.98. The highest BCUT2D eigenvalue weighted by atomic mass is 32.2. The van der Waals surface area contributed by atoms with E-state index in [0.29, 0.717) is 0 Å². The first-order valence-corrected chi connectivity index (χ1v) is 6.08. The number of aromatic carboxylic acids is 1. The molecule has 1 heterocycles. The van der Waals surface area contributed by atoms with E-state index < -0.39 is 5.97 Å². The molecule has 0 bridgehead atoms. The molecule has 0 amide bonds. The topological polar surface area (TPSA) is 53.0 Å². The summed E-state index contributed by atoms with van der Waals surface area (Å²) < 4.78 is 0. The lowest BCUT2D eigenvalue weighted by molar-refractivity contribution is -0.255. The summed E-state index contributed by atoms with van der Waals surface area (Å²) in [4.78, 5) is 14.6. The second-order valence-electron chi connectivity index (χ2n) is 3.45. The first-order chi connectivity index (χ1) is 8.25. The van der Waals surface area contributed by atoms with E-state index in [4.69, 9.17) is 0 Å². The van der Waals surface area contributed by atoms with Crippen molar-refractivity contribution in [3.8, 4) is 0 Å². The van der Waals surface area contributed by atoms with Crippen molar-refractivity contribution in [2.45, 2.75) is 10.8 Å². The summed E-state index contributed by atoms with van der Waals surface area (Å²) in [6.07, 6.45) is 1.32. The molecule has 2 aromatic rings. The Morgan fingerprint density at radius 1 is 1.18 bits per heavy atom. The SMILES string of the molecule is O=C([O-])c1ccc(SCc2ccccc2)nc1. The van der Waals surface area contributed by atoms with Crippen LogP contribution < -0.4 is 5.11 Å². The van der Waals surface area contributed by atoms with Gasteiger partial charge in [0.25, 0.3) is 0 Å². The van der Waals surface area contributed by atoms with Gasteiger partial charge < -0.3 is 9.90 Å². The van der Waals surface area contributed by atoms with Crippen LogP contribution in [-0.2, 0) is 5.75 Å². The van der Waals surface area contributed by atoms with Crippen LogP contribution in [0.4, 0.5) is 0 Å². The predicted molar refractivity (Wildman–Crippen MR) is 64.6 cm³/mol. The van der Waals surface area contributed by atoms with Gasteiger partial charge in [0.05, 0.1) is 11.0 Å². The fourth-order valence-electron chi connectivity index (χ4n) is 1.32. The molecular weight excluding hydrogens is 234 g/mol. The van der Waals surface area contributed by atoms with Crippen LogP contribution in [0.15, 0.2) is 53.7 Å². The molecule has 0 saturated carbocycles. The molecule has 0 N–H and O–H groups in total. The maximum absolute atomic E-state index is 10.5. The van der Waals surface area contributed by atoms with E-state index in [1.54, 1.807) is 17.8 Å². The van der Waals surface area contributed by atoms with E-state index in [-0.39, 0.29) is 5.56 Å². The molecule has 0 fully saturated rings. The van der Waals surface area contributed by atoms with Gasteiger partial charge in [0.1, 0.15) is 0 Å². The second-order valence-corrected chi connectivity index (χ2v) is 4.44. The van der Waals surface area contributed by atoms with Gasteiger partial charge >= 0.3 is 0 Å². The number of hydrogen-bond acceptors (Lipinski definition) is 4. The number of pyridine rings is 1. The standard InChI is InChI=1S/C13H11NO2S/c15-13(16)11-6-7-12(14-8-11)17-9-10-4-2-1-3-5-10/h1-8H,9H2,(H,15,16)/p-1. The summed E-state index contributed by atoms with van der Waals surface area (Å²) in [6, 6.07) is 13.2. The molecule has 1 aromatic carbocycles. The van der Waals surface area contributed by atoms with Gasteiger partial charge in [-0.2, -0.15) is 0 Å². The zero-order valence-electron chi connectivity index (χ0n) is 9.00. The predicted octanol–water partition coefficient (Wildman–Crippen LogP) is 1.74. The van der Waals surface area contributed by atoms with Crippen LogP contribution in [-0.4, -0.2) is 11.0 Å². The smallest absolute Gasteiger partial charge is 0.0963 e. The first-order valence-electron chi connectivity index (χ1n) is 5.10. The molecule has 0 aliphatic heterocycles. The van der Waals surface area contributed by atoms with Crippen molar-refractivity contribution in [2.75, 3.05) is 0 Å². The van der Waals surface area contributed by atoms with E-state index >= 15 is 0 Å². The average molecular weight is 244 g/mol. The summed E-state index contributed by atoms with van der Waals surface area (Å²) in [5.74, 6) is -0.379. The van der Waals surface area contributed by atoms with Gasteiger partial charge in [0.2, 0.25) is 0 Å². The summed E-state index contributed by atoms with van der Waals surface area (Å²) in [5, 5.41) is 11.3. The zero-order valence-corrected chi connectivity index (χ0v) is 9.81. The van der Waals surface area contributed by atoms with Gasteiger partial charge in [-0.25, -0.2) is 4.98 Å². The molecule has 0 saturated heterocycles. The van der Waals surface area contributed by atoms with Gasteiger partial charge in [-0.1, -0.05) is 30.3 Å². The Labute approximate surface area is 104 Å². The molecule has 0 radical (unpaired) electrons. The molecule has 1 aromatic heterocycles. The molecule has 4 heteroatoms. The minimum atomic E-state index is -1.20. The number of carboxylic acids is 1. The van der Waals surface area contributed by atoms with Gasteiger partial charge in [-0.3, -0.25) is 0 Å². The molecular formula is C13H10NO2S-. The summed E-state index contributed by atoms with van der Waals surface area (Å²) in [7, 11) is 0. The number of thioether (sulfide) groups is 1. The highest BCUT2D eigenvalue weighted by Crippen LogP contribution is 2.20. The first kappa shape index (κ1) is 11.7. The van der Waals surface area contributed by atoms with Crippen LogP contribution in [0.25, 0.3) is 0 Å². The highest BCUT2D eigenvalue weighted by Gasteiger charge is 1.98. The van der Waals surface area contributed by atoms with Crippen molar-refractivity contribution in [1.29, 1.82) is 0 Å². The number of rotatable bonds is 4. The molecule has 0 unspecified atom stereocenters. The lowest BCUT2D eigenvalue weighted by Gasteiger charge is -2.04. The minimum absolute atomic E-state index is 0.106. The fraction of sp³-hybridized carbons (Fsp3) is 0.0769. The number of aromatic nitrogens is 1. The summed E-state index contributed by atoms with van der Waals surface area (Å²) in [5.41, 5.74) is 1.32. The number of carboxylic acid groups (broad SMARTS) is 1. The minimum Gasteiger partial charge on any atom is -0.545 e. The van der Waals surface area contributed by atoms with E-state index in [2.05, 4.69) is 4.98 Å². The summed E-state index contributed by atoms with van der Waals surface area (Å²) >= 11 is 1.57. The molecule has 0 atom stereocenters. The van der Waals surface area contributed by atoms with Crippen molar-refractivity contribution in [3.05, 3.63) is 59.8 Å². The monoisotopic (exact) mass is 244 g/mol. The van der Waals surface area contributed by atoms with Gasteiger partial charge in [0.15, 0.2) is 0 Å². The maximum atomic E-state index is 10.5. The van der Waals surface area contributed by atoms with Crippen LogP contribution in [0, 0.1) is 0 Å². The van der Waals surface area contributed by atoms with Crippen LogP contribution in [0.3, 0.4) is 0 Å². The highest BCUT2D eigenvalue weighted by molar-refractivity contribution is 7.98. The molecule has 0 aliphatic rings. The third-order valence-electron chi connectivity index (χ3n) is 2.20. The fourth-order valence-corrected chi connectivity index (χ4v) is 2.12. The van der Waals surface area contributed by atoms with Crippen molar-refractivity contribution >= 4 is 17.7 Å². The zero-order chi connectivity index (χ0) is 12.1. The van der Waals surface area contributed by atoms with Crippen LogP contribution >= 0.6 is 11.8 Å². The van der Waals surface area contributed by atoms with Crippen LogP contribution in [0.1, 0.15) is 15.9 Å². The normalized spacial score (nSPS) is 10.1. The Hall–Kier alpha value is -1.81. The van der Waals surface area contributed by atoms with Crippen molar-refractivity contribution in [2.24, 2.45) is 0 Å². The van der Waals surface area contributed by atoms with Gasteiger partial charge in [-0.05, 0) is 17.7 Å². The molecule has 3 nitrogen and oxygen atoms in total. The number of carbonyl (C=O) groups is 1. The van der Waals surface area contributed by atoms with Crippen molar-refractivity contribution < 1.29 is 9.90 Å². The van der Waals surface area contributed by atoms with Crippen LogP contribution in [0.2, 0.25) is 0 Å². The average Bonchev–Trinajstić information content (AvgIpc) is 2.38. The number of benzene rings is 1. The third-order valence-corrected chi connectivity index (χ3v) is 3.22. The maximum Gasteiger partial charge on any atom is 0.0963 e. The number of carbonyl (C=O) groups excluding carboxylic acids is 1. The third kappa shape index (κ3) is 3.32. The molecule has 0 aliphatic carbocycles. The molecule has 17 heavy (non-hydrogen) atoms. The van der Waals surface area contributed by atoms with Crippen molar-refractivity contribution in [1.82, 2.24) is 4.98 Å². The summed E-state index contributed by atoms with van der Waals surface area (Å²) in [6.45, 7) is 0. The Morgan fingerprint density at radius 3 is 2.53 bits per heavy atom. The van der Waals surface area contributed by atoms with E-state index in [0.717, 1.165) is 10.8 Å². The van der Waals surface area contributed by atoms with Crippen LogP contribution in [0.5, 0.6) is 0 Å². The lowest BCUT2D eigenvalue weighted by Crippen LogP contribution is -2.22. The van der Waals surface area contributed by atoms with E-state index in [1.807, 2.05) is 30.3 Å². The Kier molecular flexibility index (Phi) is 3.77. The van der Waals surface area contributed by atoms with E-state index in [1.165, 1.54) is 17.8 Å². The second kappa shape index (κ2) is 5.50. The molecule has 2 rings (SSSR count). The Bertz CT molecular complexity index is 497. The number of nitrogens with zero attached hydrogens (tertiary/aromatic N) is 1. The molecule has 86 valence electrons.